The van der Waals surface area contributed by atoms with Crippen LogP contribution in [0.4, 0.5) is 20.6 Å². The van der Waals surface area contributed by atoms with E-state index < -0.39 is 5.82 Å². The smallest absolute Gasteiger partial charge is 0.319 e. The molecule has 2 aliphatic heterocycles. The van der Waals surface area contributed by atoms with Gasteiger partial charge in [-0.05, 0) is 62.4 Å². The van der Waals surface area contributed by atoms with Gasteiger partial charge in [-0.2, -0.15) is 0 Å². The van der Waals surface area contributed by atoms with Gasteiger partial charge in [0.1, 0.15) is 5.82 Å². The zero-order valence-corrected chi connectivity index (χ0v) is 22.3. The normalized spacial score (nSPS) is 17.2. The topological polar surface area (TPSA) is 97.5 Å². The number of aromatic nitrogens is 1. The molecule has 1 atom stereocenters. The Morgan fingerprint density at radius 1 is 1.25 bits per heavy atom. The maximum Gasteiger partial charge on any atom is 0.319 e. The maximum atomic E-state index is 13.4. The average Bonchev–Trinajstić information content (AvgIpc) is 3.30. The van der Waals surface area contributed by atoms with Gasteiger partial charge in [0, 0.05) is 49.8 Å². The molecule has 196 valence electrons. The molecule has 1 fully saturated rings. The Labute approximate surface area is 212 Å². The SMILES string of the molecule is CC.CC1CCCN(C(=O)N(C)C)C1.Cc1[nH]c(/C=C2\C(=O)Nc3ccc(F)cc32)c(C)c1NC=O. The van der Waals surface area contributed by atoms with E-state index in [1.54, 1.807) is 11.0 Å². The Bertz CT molecular complexity index is 1120. The molecular formula is C27H38FN5O3. The van der Waals surface area contributed by atoms with Crippen LogP contribution in [-0.4, -0.2) is 60.3 Å². The first-order chi connectivity index (χ1) is 17.1. The van der Waals surface area contributed by atoms with Crippen LogP contribution in [-0.2, 0) is 9.59 Å². The number of nitrogens with zero attached hydrogens (tertiary/aromatic N) is 2. The number of rotatable bonds is 3. The maximum absolute atomic E-state index is 13.4. The minimum Gasteiger partial charge on any atom is -0.357 e. The molecule has 9 heteroatoms. The summed E-state index contributed by atoms with van der Waals surface area (Å²) in [5.74, 6) is -0.0105. The van der Waals surface area contributed by atoms with Crippen LogP contribution in [0, 0.1) is 25.6 Å². The summed E-state index contributed by atoms with van der Waals surface area (Å²) < 4.78 is 13.4. The van der Waals surface area contributed by atoms with Crippen molar-refractivity contribution < 1.29 is 18.8 Å². The van der Waals surface area contributed by atoms with E-state index in [1.165, 1.54) is 24.6 Å². The van der Waals surface area contributed by atoms with Crippen LogP contribution >= 0.6 is 0 Å². The standard InChI is InChI=1S/C16H14FN3O2.C9H18N2O.C2H6/c1-8-14(19-9(2)15(8)18-7-21)6-12-11-5-10(17)3-4-13(11)20-16(12)22;1-8-5-4-6-11(7-8)9(12)10(2)3;1-2/h3-7,19H,1-2H3,(H,18,21)(H,20,22);8H,4-7H2,1-3H3;1-2H3/b12-6-;;. The van der Waals surface area contributed by atoms with Gasteiger partial charge < -0.3 is 25.4 Å². The third-order valence-corrected chi connectivity index (χ3v) is 6.04. The highest BCUT2D eigenvalue weighted by molar-refractivity contribution is 6.34. The highest BCUT2D eigenvalue weighted by Gasteiger charge is 2.25. The van der Waals surface area contributed by atoms with Crippen molar-refractivity contribution in [3.05, 3.63) is 46.5 Å². The molecule has 0 bridgehead atoms. The van der Waals surface area contributed by atoms with Crippen molar-refractivity contribution in [1.82, 2.24) is 14.8 Å². The van der Waals surface area contributed by atoms with Crippen molar-refractivity contribution in [1.29, 1.82) is 0 Å². The summed E-state index contributed by atoms with van der Waals surface area (Å²) in [4.78, 5) is 40.9. The number of urea groups is 1. The molecular weight excluding hydrogens is 461 g/mol. The average molecular weight is 500 g/mol. The number of likely N-dealkylation sites (tertiary alicyclic amines) is 1. The van der Waals surface area contributed by atoms with Gasteiger partial charge in [0.15, 0.2) is 0 Å². The summed E-state index contributed by atoms with van der Waals surface area (Å²) in [6.45, 7) is 11.7. The number of piperidine rings is 1. The molecule has 2 aromatic rings. The quantitative estimate of drug-likeness (QED) is 0.397. The Morgan fingerprint density at radius 3 is 2.56 bits per heavy atom. The minimum absolute atomic E-state index is 0.154. The number of hydrogen-bond donors (Lipinski definition) is 3. The number of aryl methyl sites for hydroxylation is 1. The lowest BCUT2D eigenvalue weighted by molar-refractivity contribution is -0.110. The van der Waals surface area contributed by atoms with Gasteiger partial charge in [-0.25, -0.2) is 9.18 Å². The summed E-state index contributed by atoms with van der Waals surface area (Å²) in [5, 5.41) is 5.33. The number of hydrogen-bond acceptors (Lipinski definition) is 3. The van der Waals surface area contributed by atoms with E-state index in [4.69, 9.17) is 0 Å². The van der Waals surface area contributed by atoms with Crippen molar-refractivity contribution in [2.75, 3.05) is 37.8 Å². The van der Waals surface area contributed by atoms with Crippen molar-refractivity contribution in [3.63, 3.8) is 0 Å². The number of H-pyrrole nitrogens is 1. The predicted octanol–water partition coefficient (Wildman–Crippen LogP) is 5.26. The Hall–Kier alpha value is -3.62. The molecule has 0 aliphatic carbocycles. The van der Waals surface area contributed by atoms with E-state index in [0.29, 0.717) is 40.5 Å². The Morgan fingerprint density at radius 2 is 1.94 bits per heavy atom. The number of nitrogens with one attached hydrogen (secondary N) is 3. The van der Waals surface area contributed by atoms with Crippen LogP contribution in [0.15, 0.2) is 18.2 Å². The van der Waals surface area contributed by atoms with Crippen LogP contribution < -0.4 is 10.6 Å². The second kappa shape index (κ2) is 12.9. The number of amides is 4. The van der Waals surface area contributed by atoms with Crippen LogP contribution in [0.5, 0.6) is 0 Å². The number of carbonyl (C=O) groups excluding carboxylic acids is 3. The summed E-state index contributed by atoms with van der Waals surface area (Å²) in [6, 6.07) is 4.32. The molecule has 3 N–H and O–H groups in total. The zero-order chi connectivity index (χ0) is 27.0. The number of fused-ring (bicyclic) bond motifs is 1. The van der Waals surface area contributed by atoms with E-state index >= 15 is 0 Å². The van der Waals surface area contributed by atoms with E-state index in [-0.39, 0.29) is 11.9 Å². The fourth-order valence-electron chi connectivity index (χ4n) is 4.29. The lowest BCUT2D eigenvalue weighted by Crippen LogP contribution is -2.44. The van der Waals surface area contributed by atoms with Gasteiger partial charge in [0.25, 0.3) is 5.91 Å². The fraction of sp³-hybridized carbons (Fsp3) is 0.444. The molecule has 0 saturated carbocycles. The summed E-state index contributed by atoms with van der Waals surface area (Å²) >= 11 is 0. The number of anilines is 2. The van der Waals surface area contributed by atoms with Gasteiger partial charge in [0.05, 0.1) is 11.3 Å². The van der Waals surface area contributed by atoms with Crippen LogP contribution in [0.3, 0.4) is 0 Å². The highest BCUT2D eigenvalue weighted by atomic mass is 19.1. The largest absolute Gasteiger partial charge is 0.357 e. The van der Waals surface area contributed by atoms with Gasteiger partial charge >= 0.3 is 6.03 Å². The fourth-order valence-corrected chi connectivity index (χ4v) is 4.29. The summed E-state index contributed by atoms with van der Waals surface area (Å²) in [5.41, 5.74) is 4.48. The number of aromatic amines is 1. The lowest BCUT2D eigenvalue weighted by atomic mass is 10.0. The second-order valence-electron chi connectivity index (χ2n) is 9.00. The van der Waals surface area contributed by atoms with Crippen molar-refractivity contribution in [3.8, 4) is 0 Å². The number of carbonyl (C=O) groups is 3. The first-order valence-electron chi connectivity index (χ1n) is 12.3. The van der Waals surface area contributed by atoms with Gasteiger partial charge in [-0.15, -0.1) is 0 Å². The molecule has 36 heavy (non-hydrogen) atoms. The van der Waals surface area contributed by atoms with E-state index in [2.05, 4.69) is 22.5 Å². The van der Waals surface area contributed by atoms with Gasteiger partial charge in [-0.3, -0.25) is 9.59 Å². The molecule has 1 aromatic heterocycles. The minimum atomic E-state index is -0.399. The second-order valence-corrected chi connectivity index (χ2v) is 9.00. The first-order valence-corrected chi connectivity index (χ1v) is 12.3. The van der Waals surface area contributed by atoms with E-state index in [9.17, 15) is 18.8 Å². The third-order valence-electron chi connectivity index (χ3n) is 6.04. The molecule has 1 unspecified atom stereocenters. The molecule has 3 heterocycles. The molecule has 2 aliphatic rings. The number of benzene rings is 1. The van der Waals surface area contributed by atoms with Crippen LogP contribution in [0.2, 0.25) is 0 Å². The predicted molar refractivity (Wildman–Crippen MR) is 143 cm³/mol. The van der Waals surface area contributed by atoms with Gasteiger partial charge in [0.2, 0.25) is 6.41 Å². The van der Waals surface area contributed by atoms with Crippen molar-refractivity contribution in [2.45, 2.75) is 47.5 Å². The summed E-state index contributed by atoms with van der Waals surface area (Å²) in [7, 11) is 3.61. The molecule has 8 nitrogen and oxygen atoms in total. The number of halogens is 1. The van der Waals surface area contributed by atoms with Crippen LogP contribution in [0.1, 0.15) is 56.1 Å². The van der Waals surface area contributed by atoms with E-state index in [1.807, 2.05) is 46.7 Å². The Balaban J connectivity index is 0.000000277. The molecule has 0 spiro atoms. The first kappa shape index (κ1) is 28.6. The van der Waals surface area contributed by atoms with Gasteiger partial charge in [-0.1, -0.05) is 20.8 Å². The molecule has 0 radical (unpaired) electrons. The van der Waals surface area contributed by atoms with Crippen LogP contribution in [0.25, 0.3) is 11.6 Å². The monoisotopic (exact) mass is 499 g/mol. The third kappa shape index (κ3) is 6.74. The lowest BCUT2D eigenvalue weighted by Gasteiger charge is -2.32. The molecule has 1 aromatic carbocycles. The van der Waals surface area contributed by atoms with E-state index in [0.717, 1.165) is 30.8 Å². The molecule has 4 rings (SSSR count). The Kier molecular flexibility index (Phi) is 10.3. The summed E-state index contributed by atoms with van der Waals surface area (Å²) in [6.07, 6.45) is 4.68. The highest BCUT2D eigenvalue weighted by Crippen LogP contribution is 2.35. The molecule has 4 amide bonds. The molecule has 1 saturated heterocycles. The zero-order valence-electron chi connectivity index (χ0n) is 22.3. The van der Waals surface area contributed by atoms with Crippen molar-refractivity contribution in [2.24, 2.45) is 5.92 Å². The van der Waals surface area contributed by atoms with Crippen molar-refractivity contribution >= 4 is 41.4 Å².